The van der Waals surface area contributed by atoms with Gasteiger partial charge in [0.25, 0.3) is 0 Å². The van der Waals surface area contributed by atoms with Crippen molar-refractivity contribution in [3.05, 3.63) is 23.8 Å². The van der Waals surface area contributed by atoms with Crippen LogP contribution in [-0.4, -0.2) is 20.0 Å². The number of Topliss-reactive ketones (excluding diaryl/α,β-unsaturated/α-hetero) is 1. The highest BCUT2D eigenvalue weighted by Gasteiger charge is 2.36. The summed E-state index contributed by atoms with van der Waals surface area (Å²) < 4.78 is 10.4. The van der Waals surface area contributed by atoms with Crippen molar-refractivity contribution in [2.24, 2.45) is 5.41 Å². The van der Waals surface area contributed by atoms with E-state index < -0.39 is 0 Å². The molecule has 0 amide bonds. The molecule has 0 unspecified atom stereocenters. The molecule has 0 bridgehead atoms. The summed E-state index contributed by atoms with van der Waals surface area (Å²) in [5.74, 6) is 1.54. The van der Waals surface area contributed by atoms with E-state index in [-0.39, 0.29) is 11.2 Å². The van der Waals surface area contributed by atoms with E-state index in [4.69, 9.17) is 9.47 Å². The summed E-state index contributed by atoms with van der Waals surface area (Å²) in [4.78, 5) is 12.6. The van der Waals surface area contributed by atoms with E-state index in [1.807, 2.05) is 0 Å². The molecule has 0 N–H and O–H groups in total. The normalized spacial score (nSPS) is 17.5. The molecule has 1 aliphatic rings. The number of hydrogen-bond acceptors (Lipinski definition) is 3. The minimum atomic E-state index is -0.211. The molecule has 3 nitrogen and oxygen atoms in total. The summed E-state index contributed by atoms with van der Waals surface area (Å²) in [5.41, 5.74) is 0.479. The average Bonchev–Trinajstić information content (AvgIpc) is 2.85. The van der Waals surface area contributed by atoms with Crippen molar-refractivity contribution in [3.8, 4) is 11.5 Å². The monoisotopic (exact) mass is 248 g/mol. The number of hydrogen-bond donors (Lipinski definition) is 0. The molecular formula is C15H20O3. The van der Waals surface area contributed by atoms with Crippen molar-refractivity contribution < 1.29 is 14.3 Å². The number of carbonyl (C=O) groups is 1. The van der Waals surface area contributed by atoms with E-state index in [0.717, 1.165) is 25.7 Å². The van der Waals surface area contributed by atoms with Crippen LogP contribution in [0.5, 0.6) is 11.5 Å². The fourth-order valence-electron chi connectivity index (χ4n) is 2.67. The molecule has 0 saturated heterocycles. The van der Waals surface area contributed by atoms with Crippen LogP contribution >= 0.6 is 0 Å². The zero-order valence-corrected chi connectivity index (χ0v) is 11.3. The maximum atomic E-state index is 12.6. The Morgan fingerprint density at radius 3 is 2.00 bits per heavy atom. The van der Waals surface area contributed by atoms with Crippen LogP contribution in [0.25, 0.3) is 0 Å². The molecule has 0 spiro atoms. The summed E-state index contributed by atoms with van der Waals surface area (Å²) in [6, 6.07) is 5.39. The predicted octanol–water partition coefficient (Wildman–Crippen LogP) is 3.47. The molecular weight excluding hydrogens is 228 g/mol. The molecule has 0 aliphatic heterocycles. The summed E-state index contributed by atoms with van der Waals surface area (Å²) in [6.45, 7) is 2.06. The number of rotatable bonds is 4. The summed E-state index contributed by atoms with van der Waals surface area (Å²) in [7, 11) is 3.20. The van der Waals surface area contributed by atoms with Crippen LogP contribution in [-0.2, 0) is 0 Å². The van der Waals surface area contributed by atoms with E-state index in [9.17, 15) is 4.79 Å². The van der Waals surface area contributed by atoms with Crippen LogP contribution in [0.4, 0.5) is 0 Å². The molecule has 1 aromatic carbocycles. The lowest BCUT2D eigenvalue weighted by molar-refractivity contribution is 0.0823. The lowest BCUT2D eigenvalue weighted by Gasteiger charge is -2.22. The Bertz CT molecular complexity index is 423. The van der Waals surface area contributed by atoms with E-state index >= 15 is 0 Å². The summed E-state index contributed by atoms with van der Waals surface area (Å²) in [6.07, 6.45) is 4.24. The number of carbonyl (C=O) groups excluding carboxylic acids is 1. The molecule has 1 saturated carbocycles. The minimum absolute atomic E-state index is 0.206. The number of benzene rings is 1. The van der Waals surface area contributed by atoms with Gasteiger partial charge in [0.15, 0.2) is 5.78 Å². The lowest BCUT2D eigenvalue weighted by Crippen LogP contribution is -2.24. The Balaban J connectivity index is 2.34. The molecule has 98 valence electrons. The van der Waals surface area contributed by atoms with Gasteiger partial charge in [-0.3, -0.25) is 4.79 Å². The Labute approximate surface area is 108 Å². The molecule has 0 heterocycles. The lowest BCUT2D eigenvalue weighted by atomic mass is 9.81. The number of ketones is 1. The maximum Gasteiger partial charge on any atom is 0.168 e. The molecule has 1 fully saturated rings. The van der Waals surface area contributed by atoms with Crippen molar-refractivity contribution in [3.63, 3.8) is 0 Å². The van der Waals surface area contributed by atoms with Crippen LogP contribution in [0.2, 0.25) is 0 Å². The van der Waals surface area contributed by atoms with E-state index in [1.165, 1.54) is 0 Å². The van der Waals surface area contributed by atoms with Gasteiger partial charge in [-0.25, -0.2) is 0 Å². The number of ether oxygens (including phenoxy) is 2. The largest absolute Gasteiger partial charge is 0.497 e. The molecule has 3 heteroatoms. The average molecular weight is 248 g/mol. The number of methoxy groups -OCH3 is 2. The van der Waals surface area contributed by atoms with Gasteiger partial charge >= 0.3 is 0 Å². The molecule has 1 aliphatic carbocycles. The summed E-state index contributed by atoms with van der Waals surface area (Å²) >= 11 is 0. The summed E-state index contributed by atoms with van der Waals surface area (Å²) in [5, 5.41) is 0. The molecule has 1 aromatic rings. The quantitative estimate of drug-likeness (QED) is 0.765. The van der Waals surface area contributed by atoms with E-state index in [2.05, 4.69) is 6.92 Å². The highest BCUT2D eigenvalue weighted by Crippen LogP contribution is 2.41. The second-order valence-corrected chi connectivity index (χ2v) is 5.20. The Hall–Kier alpha value is -1.51. The first-order chi connectivity index (χ1) is 8.59. The second kappa shape index (κ2) is 5.01. The first kappa shape index (κ1) is 12.9. The highest BCUT2D eigenvalue weighted by molar-refractivity contribution is 6.01. The van der Waals surface area contributed by atoms with Gasteiger partial charge in [0.05, 0.1) is 14.2 Å². The standard InChI is InChI=1S/C15H20O3/c1-15(6-4-5-7-15)14(16)11-8-12(17-2)10-13(9-11)18-3/h8-10H,4-7H2,1-3H3. The Morgan fingerprint density at radius 2 is 1.56 bits per heavy atom. The van der Waals surface area contributed by atoms with Gasteiger partial charge in [-0.15, -0.1) is 0 Å². The van der Waals surface area contributed by atoms with Crippen molar-refractivity contribution in [2.75, 3.05) is 14.2 Å². The SMILES string of the molecule is COc1cc(OC)cc(C(=O)C2(C)CCCC2)c1. The van der Waals surface area contributed by atoms with Crippen LogP contribution in [0.3, 0.4) is 0 Å². The Morgan fingerprint density at radius 1 is 1.06 bits per heavy atom. The third-order valence-corrected chi connectivity index (χ3v) is 3.87. The third-order valence-electron chi connectivity index (χ3n) is 3.87. The van der Waals surface area contributed by atoms with Gasteiger partial charge in [-0.05, 0) is 25.0 Å². The zero-order chi connectivity index (χ0) is 13.2. The van der Waals surface area contributed by atoms with Crippen molar-refractivity contribution in [2.45, 2.75) is 32.6 Å². The van der Waals surface area contributed by atoms with Gasteiger partial charge in [0, 0.05) is 17.0 Å². The molecule has 0 atom stereocenters. The van der Waals surface area contributed by atoms with Crippen molar-refractivity contribution >= 4 is 5.78 Å². The molecule has 18 heavy (non-hydrogen) atoms. The van der Waals surface area contributed by atoms with Crippen LogP contribution < -0.4 is 9.47 Å². The Kier molecular flexibility index (Phi) is 3.60. The fourth-order valence-corrected chi connectivity index (χ4v) is 2.67. The third kappa shape index (κ3) is 2.35. The fraction of sp³-hybridized carbons (Fsp3) is 0.533. The predicted molar refractivity (Wildman–Crippen MR) is 70.5 cm³/mol. The molecule has 2 rings (SSSR count). The molecule has 0 radical (unpaired) electrons. The van der Waals surface area contributed by atoms with Gasteiger partial charge in [0.2, 0.25) is 0 Å². The zero-order valence-electron chi connectivity index (χ0n) is 11.3. The van der Waals surface area contributed by atoms with Gasteiger partial charge in [-0.2, -0.15) is 0 Å². The van der Waals surface area contributed by atoms with E-state index in [1.54, 1.807) is 32.4 Å². The molecule has 0 aromatic heterocycles. The van der Waals surface area contributed by atoms with Gasteiger partial charge in [0.1, 0.15) is 11.5 Å². The van der Waals surface area contributed by atoms with Gasteiger partial charge < -0.3 is 9.47 Å². The smallest absolute Gasteiger partial charge is 0.168 e. The first-order valence-electron chi connectivity index (χ1n) is 6.37. The van der Waals surface area contributed by atoms with Crippen molar-refractivity contribution in [1.82, 2.24) is 0 Å². The highest BCUT2D eigenvalue weighted by atomic mass is 16.5. The van der Waals surface area contributed by atoms with Gasteiger partial charge in [-0.1, -0.05) is 19.8 Å². The topological polar surface area (TPSA) is 35.5 Å². The van der Waals surface area contributed by atoms with Crippen LogP contribution in [0.15, 0.2) is 18.2 Å². The van der Waals surface area contributed by atoms with Crippen molar-refractivity contribution in [1.29, 1.82) is 0 Å². The van der Waals surface area contributed by atoms with E-state index in [0.29, 0.717) is 17.1 Å². The first-order valence-corrected chi connectivity index (χ1v) is 6.37. The van der Waals surface area contributed by atoms with Crippen LogP contribution in [0.1, 0.15) is 43.0 Å². The minimum Gasteiger partial charge on any atom is -0.497 e. The second-order valence-electron chi connectivity index (χ2n) is 5.20. The van der Waals surface area contributed by atoms with Crippen LogP contribution in [0, 0.1) is 5.41 Å². The maximum absolute atomic E-state index is 12.6.